The third kappa shape index (κ3) is 4.32. The summed E-state index contributed by atoms with van der Waals surface area (Å²) >= 11 is 0. The van der Waals surface area contributed by atoms with E-state index in [2.05, 4.69) is 10.6 Å². The van der Waals surface area contributed by atoms with E-state index in [9.17, 15) is 19.2 Å². The molecule has 3 rings (SSSR count). The Labute approximate surface area is 169 Å². The number of nitrogens with two attached hydrogens (primary N) is 1. The van der Waals surface area contributed by atoms with E-state index in [1.807, 2.05) is 18.2 Å². The van der Waals surface area contributed by atoms with Gasteiger partial charge in [-0.2, -0.15) is 0 Å². The van der Waals surface area contributed by atoms with Gasteiger partial charge in [-0.3, -0.25) is 24.5 Å². The smallest absolute Gasteiger partial charge is 0.238 e. The Bertz CT molecular complexity index is 851. The highest BCUT2D eigenvalue weighted by molar-refractivity contribution is 6.16. The number of hydrogen-bond donors (Lipinski definition) is 3. The maximum atomic E-state index is 12.9. The molecule has 0 saturated carbocycles. The van der Waals surface area contributed by atoms with E-state index in [1.54, 1.807) is 13.8 Å². The molecule has 1 saturated heterocycles. The van der Waals surface area contributed by atoms with Crippen LogP contribution in [0, 0.1) is 17.8 Å². The summed E-state index contributed by atoms with van der Waals surface area (Å²) in [5.74, 6) is -3.21. The molecule has 4 N–H and O–H groups in total. The van der Waals surface area contributed by atoms with E-state index in [1.165, 1.54) is 6.92 Å². The highest BCUT2D eigenvalue weighted by Gasteiger charge is 2.46. The van der Waals surface area contributed by atoms with Crippen molar-refractivity contribution in [3.05, 3.63) is 29.3 Å². The van der Waals surface area contributed by atoms with Gasteiger partial charge in [0.1, 0.15) is 11.7 Å². The minimum Gasteiger partial charge on any atom is -0.493 e. The van der Waals surface area contributed by atoms with E-state index in [0.29, 0.717) is 6.61 Å². The summed E-state index contributed by atoms with van der Waals surface area (Å²) in [6, 6.07) is 4.26. The molecule has 0 radical (unpaired) electrons. The van der Waals surface area contributed by atoms with Gasteiger partial charge in [0.2, 0.25) is 17.7 Å². The summed E-state index contributed by atoms with van der Waals surface area (Å²) in [4.78, 5) is 49.2. The fraction of sp³-hybridized carbons (Fsp3) is 0.524. The average molecular weight is 401 g/mol. The predicted molar refractivity (Wildman–Crippen MR) is 105 cm³/mol. The fourth-order valence-corrected chi connectivity index (χ4v) is 3.79. The highest BCUT2D eigenvalue weighted by Crippen LogP contribution is 2.29. The first-order chi connectivity index (χ1) is 13.7. The zero-order chi connectivity index (χ0) is 21.3. The molecule has 2 aliphatic heterocycles. The molecule has 29 heavy (non-hydrogen) atoms. The normalized spacial score (nSPS) is 22.7. The third-order valence-corrected chi connectivity index (χ3v) is 5.59. The van der Waals surface area contributed by atoms with Crippen molar-refractivity contribution >= 4 is 23.5 Å². The fourth-order valence-electron chi connectivity index (χ4n) is 3.79. The molecule has 1 aromatic carbocycles. The first kappa shape index (κ1) is 21.0. The van der Waals surface area contributed by atoms with Crippen molar-refractivity contribution in [2.45, 2.75) is 45.7 Å². The second kappa shape index (κ2) is 8.32. The van der Waals surface area contributed by atoms with Crippen LogP contribution in [0.3, 0.4) is 0 Å². The van der Waals surface area contributed by atoms with Crippen molar-refractivity contribution < 1.29 is 23.9 Å². The average Bonchev–Trinajstić information content (AvgIpc) is 3.22. The number of carbonyl (C=O) groups is 4. The number of Topliss-reactive ketones (excluding diaryl/α,β-unsaturated/α-hetero) is 1. The molecule has 2 heterocycles. The van der Waals surface area contributed by atoms with E-state index in [0.717, 1.165) is 23.3 Å². The first-order valence-corrected chi connectivity index (χ1v) is 9.88. The number of ether oxygens (including phenoxy) is 1. The highest BCUT2D eigenvalue weighted by atomic mass is 16.5. The molecule has 4 atom stereocenters. The van der Waals surface area contributed by atoms with Gasteiger partial charge in [0.25, 0.3) is 0 Å². The number of fused-ring (bicyclic) bond motifs is 1. The zero-order valence-electron chi connectivity index (χ0n) is 16.9. The molecular weight excluding hydrogens is 374 g/mol. The number of rotatable bonds is 7. The molecule has 1 fully saturated rings. The van der Waals surface area contributed by atoms with Crippen molar-refractivity contribution in [2.24, 2.45) is 23.5 Å². The lowest BCUT2D eigenvalue weighted by atomic mass is 9.85. The van der Waals surface area contributed by atoms with Crippen LogP contribution in [-0.4, -0.2) is 36.2 Å². The molecular formula is C21H27N3O5. The van der Waals surface area contributed by atoms with Gasteiger partial charge in [-0.1, -0.05) is 32.9 Å². The minimum atomic E-state index is -1.09. The van der Waals surface area contributed by atoms with Crippen LogP contribution in [-0.2, 0) is 25.6 Å². The minimum absolute atomic E-state index is 0.0133. The van der Waals surface area contributed by atoms with Crippen LogP contribution in [0.5, 0.6) is 5.75 Å². The van der Waals surface area contributed by atoms with Crippen molar-refractivity contribution in [1.29, 1.82) is 0 Å². The Balaban J connectivity index is 1.66. The van der Waals surface area contributed by atoms with Gasteiger partial charge in [0.15, 0.2) is 5.78 Å². The number of nitrogens with one attached hydrogen (secondary N) is 2. The van der Waals surface area contributed by atoms with Gasteiger partial charge in [-0.15, -0.1) is 0 Å². The van der Waals surface area contributed by atoms with Crippen LogP contribution in [0.15, 0.2) is 18.2 Å². The van der Waals surface area contributed by atoms with E-state index in [-0.39, 0.29) is 18.2 Å². The lowest BCUT2D eigenvalue weighted by Crippen LogP contribution is -2.49. The Morgan fingerprint density at radius 3 is 2.62 bits per heavy atom. The van der Waals surface area contributed by atoms with Crippen molar-refractivity contribution in [1.82, 2.24) is 10.6 Å². The molecule has 2 aliphatic rings. The quantitative estimate of drug-likeness (QED) is 0.454. The van der Waals surface area contributed by atoms with Gasteiger partial charge >= 0.3 is 0 Å². The number of ketones is 1. The SMILES string of the molecule is CC(C)[C@H](NC(=O)CC(N)c1ccc2c(c1)OCC2)C(=O)[C@@H]1C(=O)NC(=O)[C@H]1C. The summed E-state index contributed by atoms with van der Waals surface area (Å²) < 4.78 is 5.54. The summed E-state index contributed by atoms with van der Waals surface area (Å²) in [5, 5.41) is 4.89. The Morgan fingerprint density at radius 2 is 2.00 bits per heavy atom. The Morgan fingerprint density at radius 1 is 1.28 bits per heavy atom. The van der Waals surface area contributed by atoms with E-state index >= 15 is 0 Å². The van der Waals surface area contributed by atoms with Gasteiger partial charge in [0, 0.05) is 18.9 Å². The van der Waals surface area contributed by atoms with Crippen LogP contribution < -0.4 is 21.1 Å². The van der Waals surface area contributed by atoms with Crippen LogP contribution in [0.25, 0.3) is 0 Å². The largest absolute Gasteiger partial charge is 0.493 e. The number of carbonyl (C=O) groups excluding carboxylic acids is 4. The summed E-state index contributed by atoms with van der Waals surface area (Å²) in [6.07, 6.45) is 0.847. The molecule has 8 nitrogen and oxygen atoms in total. The Hall–Kier alpha value is -2.74. The van der Waals surface area contributed by atoms with Crippen molar-refractivity contribution in [3.63, 3.8) is 0 Å². The summed E-state index contributed by atoms with van der Waals surface area (Å²) in [5.41, 5.74) is 8.09. The van der Waals surface area contributed by atoms with Crippen LogP contribution in [0.1, 0.15) is 44.4 Å². The van der Waals surface area contributed by atoms with Crippen LogP contribution in [0.2, 0.25) is 0 Å². The summed E-state index contributed by atoms with van der Waals surface area (Å²) in [6.45, 7) is 5.73. The maximum Gasteiger partial charge on any atom is 0.238 e. The molecule has 0 spiro atoms. The first-order valence-electron chi connectivity index (χ1n) is 9.88. The molecule has 0 aromatic heterocycles. The number of amides is 3. The predicted octanol–water partition coefficient (Wildman–Crippen LogP) is 0.630. The second-order valence-corrected chi connectivity index (χ2v) is 8.09. The van der Waals surface area contributed by atoms with Gasteiger partial charge in [-0.05, 0) is 23.1 Å². The van der Waals surface area contributed by atoms with E-state index in [4.69, 9.17) is 10.5 Å². The molecule has 3 amide bonds. The molecule has 1 aromatic rings. The van der Waals surface area contributed by atoms with Crippen molar-refractivity contribution in [3.8, 4) is 5.75 Å². The zero-order valence-corrected chi connectivity index (χ0v) is 16.9. The number of imide groups is 1. The lowest BCUT2D eigenvalue weighted by molar-refractivity contribution is -0.137. The summed E-state index contributed by atoms with van der Waals surface area (Å²) in [7, 11) is 0. The van der Waals surface area contributed by atoms with Gasteiger partial charge in [-0.25, -0.2) is 0 Å². The van der Waals surface area contributed by atoms with Gasteiger partial charge < -0.3 is 15.8 Å². The van der Waals surface area contributed by atoms with Crippen LogP contribution in [0.4, 0.5) is 0 Å². The second-order valence-electron chi connectivity index (χ2n) is 8.09. The molecule has 1 unspecified atom stereocenters. The molecule has 8 heteroatoms. The Kier molecular flexibility index (Phi) is 6.02. The van der Waals surface area contributed by atoms with E-state index < -0.39 is 41.5 Å². The topological polar surface area (TPSA) is 128 Å². The lowest BCUT2D eigenvalue weighted by Gasteiger charge is -2.25. The standard InChI is InChI=1S/C21H27N3O5/c1-10(2)18(19(26)17-11(3)20(27)24-21(17)28)23-16(25)9-14(22)13-5-4-12-6-7-29-15(12)8-13/h4-5,8,10-11,14,17-18H,6-7,9,22H2,1-3H3,(H,23,25)(H,24,27,28)/t11-,14?,17+,18-/m0/s1. The van der Waals surface area contributed by atoms with Crippen LogP contribution >= 0.6 is 0 Å². The molecule has 0 bridgehead atoms. The monoisotopic (exact) mass is 401 g/mol. The maximum absolute atomic E-state index is 12.9. The number of hydrogen-bond acceptors (Lipinski definition) is 6. The van der Waals surface area contributed by atoms with Crippen molar-refractivity contribution in [2.75, 3.05) is 6.61 Å². The number of benzene rings is 1. The molecule has 0 aliphatic carbocycles. The molecule has 156 valence electrons. The van der Waals surface area contributed by atoms with Gasteiger partial charge in [0.05, 0.1) is 18.6 Å². The third-order valence-electron chi connectivity index (χ3n) is 5.59.